The van der Waals surface area contributed by atoms with Crippen molar-refractivity contribution in [2.24, 2.45) is 0 Å². The summed E-state index contributed by atoms with van der Waals surface area (Å²) in [5, 5.41) is 2.98. The van der Waals surface area contributed by atoms with E-state index in [1.807, 2.05) is 51.1 Å². The van der Waals surface area contributed by atoms with Crippen molar-refractivity contribution in [3.63, 3.8) is 0 Å². The standard InChI is InChI=1S/C23H28N4O2/c1-6-7-11-26(5)23(29)20-18-10-8-9-12-27(18)21(24-20)22(28)25-19-16(3)13-15(2)14-17(19)4/h8-10,12-14H,6-7,11H2,1-5H3,(H,25,28). The van der Waals surface area contributed by atoms with Crippen molar-refractivity contribution in [2.45, 2.75) is 40.5 Å². The highest BCUT2D eigenvalue weighted by atomic mass is 16.2. The lowest BCUT2D eigenvalue weighted by Crippen LogP contribution is -2.28. The van der Waals surface area contributed by atoms with E-state index in [0.717, 1.165) is 35.2 Å². The summed E-state index contributed by atoms with van der Waals surface area (Å²) >= 11 is 0. The van der Waals surface area contributed by atoms with Gasteiger partial charge in [0.2, 0.25) is 5.82 Å². The fraction of sp³-hybridized carbons (Fsp3) is 0.348. The Bertz CT molecular complexity index is 1040. The molecule has 0 atom stereocenters. The molecule has 0 radical (unpaired) electrons. The molecule has 6 heteroatoms. The zero-order valence-electron chi connectivity index (χ0n) is 17.7. The lowest BCUT2D eigenvalue weighted by Gasteiger charge is -2.15. The maximum Gasteiger partial charge on any atom is 0.292 e. The summed E-state index contributed by atoms with van der Waals surface area (Å²) in [6.07, 6.45) is 3.69. The van der Waals surface area contributed by atoms with Crippen molar-refractivity contribution < 1.29 is 9.59 Å². The molecule has 0 saturated carbocycles. The average Bonchev–Trinajstić information content (AvgIpc) is 3.08. The highest BCUT2D eigenvalue weighted by Crippen LogP contribution is 2.23. The van der Waals surface area contributed by atoms with Gasteiger partial charge in [-0.15, -0.1) is 0 Å². The first-order valence-corrected chi connectivity index (χ1v) is 9.95. The van der Waals surface area contributed by atoms with Crippen LogP contribution in [-0.2, 0) is 0 Å². The van der Waals surface area contributed by atoms with Gasteiger partial charge in [0.25, 0.3) is 11.8 Å². The van der Waals surface area contributed by atoms with Crippen LogP contribution in [0.4, 0.5) is 5.69 Å². The number of carbonyl (C=O) groups is 2. The van der Waals surface area contributed by atoms with E-state index in [-0.39, 0.29) is 17.6 Å². The first-order valence-electron chi connectivity index (χ1n) is 9.95. The van der Waals surface area contributed by atoms with Crippen LogP contribution >= 0.6 is 0 Å². The van der Waals surface area contributed by atoms with E-state index in [4.69, 9.17) is 0 Å². The number of nitrogens with zero attached hydrogens (tertiary/aromatic N) is 3. The Hall–Kier alpha value is -3.15. The second kappa shape index (κ2) is 8.47. The zero-order valence-corrected chi connectivity index (χ0v) is 17.7. The highest BCUT2D eigenvalue weighted by molar-refractivity contribution is 6.06. The number of imidazole rings is 1. The summed E-state index contributed by atoms with van der Waals surface area (Å²) in [6, 6.07) is 9.54. The molecule has 0 saturated heterocycles. The molecule has 0 aliphatic carbocycles. The van der Waals surface area contributed by atoms with Crippen molar-refractivity contribution in [3.05, 3.63) is 64.7 Å². The number of aromatic nitrogens is 2. The molecule has 2 amide bonds. The third kappa shape index (κ3) is 4.16. The van der Waals surface area contributed by atoms with Gasteiger partial charge < -0.3 is 10.2 Å². The molecule has 3 aromatic rings. The number of anilines is 1. The van der Waals surface area contributed by atoms with Gasteiger partial charge in [-0.25, -0.2) is 4.98 Å². The monoisotopic (exact) mass is 392 g/mol. The summed E-state index contributed by atoms with van der Waals surface area (Å²) in [5.74, 6) is -0.312. The third-order valence-electron chi connectivity index (χ3n) is 5.06. The fourth-order valence-corrected chi connectivity index (χ4v) is 3.58. The summed E-state index contributed by atoms with van der Waals surface area (Å²) in [7, 11) is 1.77. The first-order chi connectivity index (χ1) is 13.8. The number of rotatable bonds is 6. The Balaban J connectivity index is 1.98. The van der Waals surface area contributed by atoms with Crippen LogP contribution in [0.2, 0.25) is 0 Å². The molecular formula is C23H28N4O2. The van der Waals surface area contributed by atoms with Crippen LogP contribution in [-0.4, -0.2) is 39.7 Å². The molecule has 2 heterocycles. The van der Waals surface area contributed by atoms with E-state index >= 15 is 0 Å². The Morgan fingerprint density at radius 2 is 1.83 bits per heavy atom. The number of fused-ring (bicyclic) bond motifs is 1. The van der Waals surface area contributed by atoms with Gasteiger partial charge in [0.1, 0.15) is 0 Å². The minimum atomic E-state index is -0.337. The predicted molar refractivity (Wildman–Crippen MR) is 116 cm³/mol. The molecule has 2 aromatic heterocycles. The Labute approximate surface area is 171 Å². The number of aryl methyl sites for hydroxylation is 3. The number of carbonyl (C=O) groups excluding carboxylic acids is 2. The van der Waals surface area contributed by atoms with Gasteiger partial charge in [-0.2, -0.15) is 0 Å². The minimum absolute atomic E-state index is 0.177. The fourth-order valence-electron chi connectivity index (χ4n) is 3.58. The van der Waals surface area contributed by atoms with Crippen LogP contribution in [0.25, 0.3) is 5.52 Å². The molecule has 0 bridgehead atoms. The van der Waals surface area contributed by atoms with E-state index in [1.165, 1.54) is 0 Å². The molecular weight excluding hydrogens is 364 g/mol. The van der Waals surface area contributed by atoms with Crippen LogP contribution in [0.15, 0.2) is 36.5 Å². The smallest absolute Gasteiger partial charge is 0.292 e. The van der Waals surface area contributed by atoms with Gasteiger partial charge in [-0.3, -0.25) is 14.0 Å². The molecule has 152 valence electrons. The van der Waals surface area contributed by atoms with Gasteiger partial charge in [-0.1, -0.05) is 37.1 Å². The molecule has 0 unspecified atom stereocenters. The van der Waals surface area contributed by atoms with Crippen LogP contribution in [0, 0.1) is 20.8 Å². The summed E-state index contributed by atoms with van der Waals surface area (Å²) in [6.45, 7) is 8.71. The van der Waals surface area contributed by atoms with Crippen molar-refractivity contribution in [2.75, 3.05) is 18.9 Å². The van der Waals surface area contributed by atoms with Crippen molar-refractivity contribution in [1.82, 2.24) is 14.3 Å². The van der Waals surface area contributed by atoms with Crippen LogP contribution in [0.3, 0.4) is 0 Å². The van der Waals surface area contributed by atoms with Crippen molar-refractivity contribution >= 4 is 23.0 Å². The number of nitrogens with one attached hydrogen (secondary N) is 1. The first kappa shape index (κ1) is 20.6. The largest absolute Gasteiger partial charge is 0.340 e. The summed E-state index contributed by atoms with van der Waals surface area (Å²) in [4.78, 5) is 32.1. The second-order valence-electron chi connectivity index (χ2n) is 7.55. The number of hydrogen-bond acceptors (Lipinski definition) is 3. The van der Waals surface area contributed by atoms with Crippen LogP contribution in [0.5, 0.6) is 0 Å². The van der Waals surface area contributed by atoms with Crippen LogP contribution < -0.4 is 5.32 Å². The van der Waals surface area contributed by atoms with E-state index < -0.39 is 0 Å². The molecule has 6 nitrogen and oxygen atoms in total. The van der Waals surface area contributed by atoms with Gasteiger partial charge >= 0.3 is 0 Å². The number of pyridine rings is 1. The third-order valence-corrected chi connectivity index (χ3v) is 5.06. The highest BCUT2D eigenvalue weighted by Gasteiger charge is 2.24. The number of benzene rings is 1. The minimum Gasteiger partial charge on any atom is -0.340 e. The molecule has 0 spiro atoms. The average molecular weight is 393 g/mol. The van der Waals surface area contributed by atoms with Gasteiger partial charge in [-0.05, 0) is 50.5 Å². The normalized spacial score (nSPS) is 10.9. The topological polar surface area (TPSA) is 66.7 Å². The lowest BCUT2D eigenvalue weighted by molar-refractivity contribution is 0.0790. The van der Waals surface area contributed by atoms with Gasteiger partial charge in [0.05, 0.1) is 5.52 Å². The van der Waals surface area contributed by atoms with Gasteiger partial charge in [0.15, 0.2) is 5.69 Å². The molecule has 0 fully saturated rings. The molecule has 1 N–H and O–H groups in total. The maximum atomic E-state index is 13.1. The summed E-state index contributed by atoms with van der Waals surface area (Å²) in [5.41, 5.74) is 4.84. The predicted octanol–water partition coefficient (Wildman–Crippen LogP) is 4.38. The molecule has 0 aliphatic rings. The second-order valence-corrected chi connectivity index (χ2v) is 7.55. The molecule has 3 rings (SSSR count). The molecule has 1 aromatic carbocycles. The zero-order chi connectivity index (χ0) is 21.1. The van der Waals surface area contributed by atoms with Crippen molar-refractivity contribution in [3.8, 4) is 0 Å². The maximum absolute atomic E-state index is 13.1. The Kier molecular flexibility index (Phi) is 6.01. The van der Waals surface area contributed by atoms with E-state index in [0.29, 0.717) is 17.8 Å². The molecule has 0 aliphatic heterocycles. The summed E-state index contributed by atoms with van der Waals surface area (Å²) < 4.78 is 1.68. The van der Waals surface area contributed by atoms with E-state index in [1.54, 1.807) is 22.5 Å². The van der Waals surface area contributed by atoms with Crippen LogP contribution in [0.1, 0.15) is 57.6 Å². The Morgan fingerprint density at radius 3 is 2.48 bits per heavy atom. The number of unbranched alkanes of at least 4 members (excludes halogenated alkanes) is 1. The van der Waals surface area contributed by atoms with Gasteiger partial charge in [0, 0.05) is 25.5 Å². The quantitative estimate of drug-likeness (QED) is 0.677. The molecule has 29 heavy (non-hydrogen) atoms. The number of hydrogen-bond donors (Lipinski definition) is 1. The lowest BCUT2D eigenvalue weighted by atomic mass is 10.1. The van der Waals surface area contributed by atoms with E-state index in [2.05, 4.69) is 17.2 Å². The SMILES string of the molecule is CCCCN(C)C(=O)c1nc(C(=O)Nc2c(C)cc(C)cc2C)n2ccccc12. The van der Waals surface area contributed by atoms with Crippen molar-refractivity contribution in [1.29, 1.82) is 0 Å². The van der Waals surface area contributed by atoms with E-state index in [9.17, 15) is 9.59 Å². The number of amides is 2. The Morgan fingerprint density at radius 1 is 1.14 bits per heavy atom.